The fraction of sp³-hybridized carbons (Fsp3) is 0.235. The Balaban J connectivity index is 1.93. The summed E-state index contributed by atoms with van der Waals surface area (Å²) in [4.78, 5) is 14.1. The van der Waals surface area contributed by atoms with E-state index in [-0.39, 0.29) is 23.0 Å². The van der Waals surface area contributed by atoms with Gasteiger partial charge >= 0.3 is 0 Å². The van der Waals surface area contributed by atoms with E-state index in [2.05, 4.69) is 0 Å². The Bertz CT molecular complexity index is 826. The van der Waals surface area contributed by atoms with Crippen LogP contribution in [0.25, 0.3) is 0 Å². The number of carbonyl (C=O) groups is 1. The van der Waals surface area contributed by atoms with Crippen molar-refractivity contribution in [1.82, 2.24) is 4.90 Å². The van der Waals surface area contributed by atoms with Crippen molar-refractivity contribution >= 4 is 17.5 Å². The zero-order valence-corrected chi connectivity index (χ0v) is 13.8. The highest BCUT2D eigenvalue weighted by atomic mass is 35.5. The third-order valence-electron chi connectivity index (χ3n) is 3.94. The normalized spacial score (nSPS) is 13.2. The fourth-order valence-electron chi connectivity index (χ4n) is 2.79. The van der Waals surface area contributed by atoms with Crippen molar-refractivity contribution in [3.63, 3.8) is 0 Å². The summed E-state index contributed by atoms with van der Waals surface area (Å²) < 4.78 is 37.7. The van der Waals surface area contributed by atoms with Gasteiger partial charge in [0.25, 0.3) is 5.91 Å². The maximum absolute atomic E-state index is 13.9. The van der Waals surface area contributed by atoms with E-state index in [0.29, 0.717) is 23.6 Å². The van der Waals surface area contributed by atoms with Crippen molar-refractivity contribution in [2.24, 2.45) is 0 Å². The number of carbonyl (C=O) groups excluding carboxylic acids is 1. The minimum absolute atomic E-state index is 0.0230. The van der Waals surface area contributed by atoms with Crippen LogP contribution in [0.1, 0.15) is 21.5 Å². The van der Waals surface area contributed by atoms with Crippen LogP contribution in [0.15, 0.2) is 24.3 Å². The second-order valence-electron chi connectivity index (χ2n) is 5.35. The molecule has 1 aliphatic heterocycles. The molecule has 0 bridgehead atoms. The summed E-state index contributed by atoms with van der Waals surface area (Å²) in [6.45, 7) is 0.272. The van der Waals surface area contributed by atoms with Crippen LogP contribution in [0.4, 0.5) is 8.78 Å². The number of ether oxygens (including phenoxy) is 2. The Kier molecular flexibility index (Phi) is 4.32. The van der Waals surface area contributed by atoms with Crippen LogP contribution < -0.4 is 9.47 Å². The Morgan fingerprint density at radius 1 is 1.17 bits per heavy atom. The van der Waals surface area contributed by atoms with Gasteiger partial charge in [-0.05, 0) is 17.7 Å². The summed E-state index contributed by atoms with van der Waals surface area (Å²) in [5.41, 5.74) is 1.30. The third-order valence-corrected chi connectivity index (χ3v) is 4.23. The van der Waals surface area contributed by atoms with E-state index in [1.807, 2.05) is 0 Å². The first-order valence-electron chi connectivity index (χ1n) is 7.12. The lowest BCUT2D eigenvalue weighted by Crippen LogP contribution is -2.24. The number of amides is 1. The standard InChI is InChI=1S/C17H14ClF2NO3/c1-23-14-4-3-9-7-21(17(22)15(9)16(14)24-2)8-10-5-11(18)13(20)6-12(10)19/h3-6H,7-8H2,1-2H3. The lowest BCUT2D eigenvalue weighted by atomic mass is 10.1. The highest BCUT2D eigenvalue weighted by Crippen LogP contribution is 2.38. The first-order chi connectivity index (χ1) is 11.5. The van der Waals surface area contributed by atoms with Crippen molar-refractivity contribution < 1.29 is 23.0 Å². The van der Waals surface area contributed by atoms with Crippen molar-refractivity contribution in [3.05, 3.63) is 57.6 Å². The Hall–Kier alpha value is -2.34. The molecule has 0 N–H and O–H groups in total. The highest BCUT2D eigenvalue weighted by molar-refractivity contribution is 6.30. The number of halogens is 3. The number of rotatable bonds is 4. The average Bonchev–Trinajstić information content (AvgIpc) is 2.88. The van der Waals surface area contributed by atoms with Crippen LogP contribution in [0, 0.1) is 11.6 Å². The van der Waals surface area contributed by atoms with Gasteiger partial charge < -0.3 is 14.4 Å². The number of methoxy groups -OCH3 is 2. The molecule has 1 heterocycles. The molecule has 0 aliphatic carbocycles. The van der Waals surface area contributed by atoms with Gasteiger partial charge in [-0.15, -0.1) is 0 Å². The van der Waals surface area contributed by atoms with Gasteiger partial charge in [0.1, 0.15) is 11.6 Å². The molecular weight excluding hydrogens is 340 g/mol. The minimum Gasteiger partial charge on any atom is -0.493 e. The van der Waals surface area contributed by atoms with Crippen molar-refractivity contribution in [2.45, 2.75) is 13.1 Å². The van der Waals surface area contributed by atoms with Gasteiger partial charge in [0, 0.05) is 24.7 Å². The zero-order chi connectivity index (χ0) is 17.4. The molecular formula is C17H14ClF2NO3. The molecule has 4 nitrogen and oxygen atoms in total. The van der Waals surface area contributed by atoms with Crippen molar-refractivity contribution in [1.29, 1.82) is 0 Å². The molecule has 0 aromatic heterocycles. The van der Waals surface area contributed by atoms with Gasteiger partial charge in [-0.1, -0.05) is 17.7 Å². The molecule has 0 saturated heterocycles. The molecule has 2 aromatic carbocycles. The van der Waals surface area contributed by atoms with Gasteiger partial charge in [0.15, 0.2) is 11.5 Å². The smallest absolute Gasteiger partial charge is 0.258 e. The molecule has 0 saturated carbocycles. The van der Waals surface area contributed by atoms with Crippen LogP contribution >= 0.6 is 11.6 Å². The van der Waals surface area contributed by atoms with E-state index in [0.717, 1.165) is 11.6 Å². The van der Waals surface area contributed by atoms with Gasteiger partial charge in [-0.25, -0.2) is 8.78 Å². The van der Waals surface area contributed by atoms with Gasteiger partial charge in [0.05, 0.1) is 24.8 Å². The Labute approximate surface area is 142 Å². The van der Waals surface area contributed by atoms with Gasteiger partial charge in [-0.2, -0.15) is 0 Å². The predicted molar refractivity (Wildman–Crippen MR) is 84.5 cm³/mol. The number of nitrogens with zero attached hydrogens (tertiary/aromatic N) is 1. The summed E-state index contributed by atoms with van der Waals surface area (Å²) in [5, 5.41) is -0.185. The average molecular weight is 354 g/mol. The molecule has 7 heteroatoms. The first-order valence-corrected chi connectivity index (χ1v) is 7.50. The number of fused-ring (bicyclic) bond motifs is 1. The molecule has 1 aliphatic rings. The fourth-order valence-corrected chi connectivity index (χ4v) is 2.97. The highest BCUT2D eigenvalue weighted by Gasteiger charge is 2.33. The Morgan fingerprint density at radius 2 is 1.92 bits per heavy atom. The molecule has 0 unspecified atom stereocenters. The van der Waals surface area contributed by atoms with Gasteiger partial charge in [0.2, 0.25) is 0 Å². The quantitative estimate of drug-likeness (QED) is 0.785. The summed E-state index contributed by atoms with van der Waals surface area (Å²) in [5.74, 6) is -1.09. The number of hydrogen-bond donors (Lipinski definition) is 0. The SMILES string of the molecule is COc1ccc2c(c1OC)C(=O)N(Cc1cc(Cl)c(F)cc1F)C2. The Morgan fingerprint density at radius 3 is 2.58 bits per heavy atom. The maximum atomic E-state index is 13.9. The lowest BCUT2D eigenvalue weighted by molar-refractivity contribution is 0.0762. The van der Waals surface area contributed by atoms with E-state index in [1.54, 1.807) is 12.1 Å². The molecule has 0 spiro atoms. The topological polar surface area (TPSA) is 38.8 Å². The molecule has 1 amide bonds. The molecule has 2 aromatic rings. The second kappa shape index (κ2) is 6.28. The van der Waals surface area contributed by atoms with Crippen LogP contribution in [0.2, 0.25) is 5.02 Å². The van der Waals surface area contributed by atoms with Crippen molar-refractivity contribution in [2.75, 3.05) is 14.2 Å². The molecule has 24 heavy (non-hydrogen) atoms. The third kappa shape index (κ3) is 2.67. The van der Waals surface area contributed by atoms with E-state index in [9.17, 15) is 13.6 Å². The molecule has 126 valence electrons. The summed E-state index contributed by atoms with van der Waals surface area (Å²) in [7, 11) is 2.94. The first kappa shape index (κ1) is 16.5. The minimum atomic E-state index is -0.833. The zero-order valence-electron chi connectivity index (χ0n) is 13.0. The lowest BCUT2D eigenvalue weighted by Gasteiger charge is -2.16. The predicted octanol–water partition coefficient (Wildman–Crippen LogP) is 3.79. The summed E-state index contributed by atoms with van der Waals surface area (Å²) in [6.07, 6.45) is 0. The summed E-state index contributed by atoms with van der Waals surface area (Å²) in [6, 6.07) is 5.39. The molecule has 0 fully saturated rings. The number of benzene rings is 2. The number of hydrogen-bond acceptors (Lipinski definition) is 3. The van der Waals surface area contributed by atoms with E-state index >= 15 is 0 Å². The van der Waals surface area contributed by atoms with Crippen LogP contribution in [0.3, 0.4) is 0 Å². The second-order valence-corrected chi connectivity index (χ2v) is 5.76. The molecule has 0 radical (unpaired) electrons. The van der Waals surface area contributed by atoms with Crippen molar-refractivity contribution in [3.8, 4) is 11.5 Å². The monoisotopic (exact) mass is 353 g/mol. The molecule has 3 rings (SSSR count). The van der Waals surface area contributed by atoms with Crippen LogP contribution in [-0.4, -0.2) is 25.0 Å². The van der Waals surface area contributed by atoms with Crippen LogP contribution in [-0.2, 0) is 13.1 Å². The van der Waals surface area contributed by atoms with E-state index in [1.165, 1.54) is 25.2 Å². The van der Waals surface area contributed by atoms with E-state index in [4.69, 9.17) is 21.1 Å². The largest absolute Gasteiger partial charge is 0.493 e. The van der Waals surface area contributed by atoms with E-state index < -0.39 is 11.6 Å². The van der Waals surface area contributed by atoms with Crippen LogP contribution in [0.5, 0.6) is 11.5 Å². The molecule has 0 atom stereocenters. The maximum Gasteiger partial charge on any atom is 0.258 e. The van der Waals surface area contributed by atoms with Gasteiger partial charge in [-0.3, -0.25) is 4.79 Å². The summed E-state index contributed by atoms with van der Waals surface area (Å²) >= 11 is 5.70.